The monoisotopic (exact) mass is 329 g/mol. The van der Waals surface area contributed by atoms with Crippen LogP contribution in [0.4, 0.5) is 5.69 Å². The number of benzene rings is 1. The number of anilines is 1. The summed E-state index contributed by atoms with van der Waals surface area (Å²) < 4.78 is 1.05. The Hall–Kier alpha value is -3.16. The van der Waals surface area contributed by atoms with Crippen molar-refractivity contribution in [1.29, 1.82) is 0 Å². The Morgan fingerprint density at radius 2 is 1.88 bits per heavy atom. The van der Waals surface area contributed by atoms with Gasteiger partial charge in [0.25, 0.3) is 5.56 Å². The highest BCUT2D eigenvalue weighted by atomic mass is 16.4. The third-order valence-corrected chi connectivity index (χ3v) is 4.30. The van der Waals surface area contributed by atoms with E-state index in [0.29, 0.717) is 5.69 Å². The predicted molar refractivity (Wildman–Crippen MR) is 86.1 cm³/mol. The molecule has 0 radical (unpaired) electrons. The number of carbonyl (C=O) groups is 2. The molecule has 0 bridgehead atoms. The van der Waals surface area contributed by atoms with Gasteiger partial charge in [-0.3, -0.25) is 19.1 Å². The number of H-pyrrole nitrogens is 1. The van der Waals surface area contributed by atoms with Crippen LogP contribution >= 0.6 is 0 Å². The van der Waals surface area contributed by atoms with Gasteiger partial charge in [-0.1, -0.05) is 0 Å². The van der Waals surface area contributed by atoms with Crippen LogP contribution in [0.1, 0.15) is 29.8 Å². The van der Waals surface area contributed by atoms with Crippen LogP contribution in [0.25, 0.3) is 5.69 Å². The number of aromatic carboxylic acids is 1. The van der Waals surface area contributed by atoms with Crippen LogP contribution in [0, 0.1) is 0 Å². The van der Waals surface area contributed by atoms with E-state index in [1.54, 1.807) is 39.1 Å². The Bertz CT molecular complexity index is 1000. The zero-order chi connectivity index (χ0) is 17.8. The normalized spacial score (nSPS) is 15.5. The highest BCUT2D eigenvalue weighted by molar-refractivity contribution is 6.07. The van der Waals surface area contributed by atoms with E-state index in [9.17, 15) is 19.2 Å². The second-order valence-electron chi connectivity index (χ2n) is 6.17. The fraction of sp³-hybridized carbons (Fsp3) is 0.250. The lowest BCUT2D eigenvalue weighted by molar-refractivity contribution is -0.121. The van der Waals surface area contributed by atoms with E-state index < -0.39 is 28.2 Å². The summed E-state index contributed by atoms with van der Waals surface area (Å²) >= 11 is 0. The van der Waals surface area contributed by atoms with E-state index in [0.717, 1.165) is 22.0 Å². The van der Waals surface area contributed by atoms with E-state index in [1.807, 2.05) is 4.98 Å². The van der Waals surface area contributed by atoms with Crippen molar-refractivity contribution in [2.75, 3.05) is 11.9 Å². The molecule has 0 fully saturated rings. The zero-order valence-electron chi connectivity index (χ0n) is 13.3. The van der Waals surface area contributed by atoms with Gasteiger partial charge in [-0.25, -0.2) is 9.59 Å². The molecule has 2 heterocycles. The molecule has 2 aromatic rings. The molecule has 8 nitrogen and oxygen atoms in total. The lowest BCUT2D eigenvalue weighted by Crippen LogP contribution is -2.33. The molecule has 1 aromatic carbocycles. The summed E-state index contributed by atoms with van der Waals surface area (Å²) in [6.45, 7) is 3.56. The average molecular weight is 329 g/mol. The molecule has 0 atom stereocenters. The standard InChI is InChI=1S/C16H15N3O5/c1-16(2)10-6-8(4-5-11(10)18(3)14(16)23)19-7-9(13(21)22)12(20)17-15(19)24/h4-7H,1-3H3,(H,21,22)(H,17,20,24). The molecule has 1 amide bonds. The SMILES string of the molecule is CN1C(=O)C(C)(C)c2cc(-n3cc(C(=O)O)c(=O)[nH]c3=O)ccc21. The lowest BCUT2D eigenvalue weighted by atomic mass is 9.86. The first-order chi connectivity index (χ1) is 11.1. The maximum absolute atomic E-state index is 12.3. The van der Waals surface area contributed by atoms with Crippen LogP contribution in [0.15, 0.2) is 34.0 Å². The Kier molecular flexibility index (Phi) is 3.22. The number of aromatic amines is 1. The molecule has 1 aliphatic rings. The van der Waals surface area contributed by atoms with Gasteiger partial charge in [0, 0.05) is 18.9 Å². The number of rotatable bonds is 2. The molecule has 0 unspecified atom stereocenters. The molecule has 3 rings (SSSR count). The molecule has 0 spiro atoms. The number of fused-ring (bicyclic) bond motifs is 1. The molecule has 0 saturated carbocycles. The van der Waals surface area contributed by atoms with Gasteiger partial charge >= 0.3 is 11.7 Å². The van der Waals surface area contributed by atoms with Crippen LogP contribution in [-0.2, 0) is 10.2 Å². The van der Waals surface area contributed by atoms with Crippen LogP contribution in [-0.4, -0.2) is 33.6 Å². The minimum absolute atomic E-state index is 0.0744. The number of likely N-dealkylation sites (N-methyl/N-ethyl adjacent to an activating group) is 1. The Morgan fingerprint density at radius 3 is 2.50 bits per heavy atom. The predicted octanol–water partition coefficient (Wildman–Crippen LogP) is 0.478. The first-order valence-electron chi connectivity index (χ1n) is 7.17. The molecule has 1 aliphatic heterocycles. The van der Waals surface area contributed by atoms with Crippen molar-refractivity contribution in [3.63, 3.8) is 0 Å². The minimum Gasteiger partial charge on any atom is -0.477 e. The summed E-state index contributed by atoms with van der Waals surface area (Å²) in [4.78, 5) is 50.5. The smallest absolute Gasteiger partial charge is 0.342 e. The molecular formula is C16H15N3O5. The summed E-state index contributed by atoms with van der Waals surface area (Å²) in [5.41, 5.74) is -1.19. The third kappa shape index (κ3) is 2.07. The number of carboxylic acids is 1. The summed E-state index contributed by atoms with van der Waals surface area (Å²) in [5, 5.41) is 9.05. The number of nitrogens with zero attached hydrogens (tertiary/aromatic N) is 2. The molecule has 124 valence electrons. The van der Waals surface area contributed by atoms with Gasteiger partial charge in [0.05, 0.1) is 11.1 Å². The van der Waals surface area contributed by atoms with Crippen LogP contribution < -0.4 is 16.1 Å². The van der Waals surface area contributed by atoms with Crippen molar-refractivity contribution in [1.82, 2.24) is 9.55 Å². The van der Waals surface area contributed by atoms with E-state index in [1.165, 1.54) is 4.90 Å². The summed E-state index contributed by atoms with van der Waals surface area (Å²) in [6, 6.07) is 4.94. The van der Waals surface area contributed by atoms with E-state index in [2.05, 4.69) is 0 Å². The maximum Gasteiger partial charge on any atom is 0.342 e. The van der Waals surface area contributed by atoms with Crippen LogP contribution in [0.3, 0.4) is 0 Å². The largest absolute Gasteiger partial charge is 0.477 e. The van der Waals surface area contributed by atoms with Crippen molar-refractivity contribution < 1.29 is 14.7 Å². The van der Waals surface area contributed by atoms with Crippen molar-refractivity contribution in [2.45, 2.75) is 19.3 Å². The Morgan fingerprint density at radius 1 is 1.21 bits per heavy atom. The van der Waals surface area contributed by atoms with Gasteiger partial charge < -0.3 is 10.0 Å². The molecule has 8 heteroatoms. The fourth-order valence-corrected chi connectivity index (χ4v) is 2.93. The number of amides is 1. The van der Waals surface area contributed by atoms with Crippen molar-refractivity contribution >= 4 is 17.6 Å². The van der Waals surface area contributed by atoms with Crippen molar-refractivity contribution in [2.24, 2.45) is 0 Å². The van der Waals surface area contributed by atoms with Gasteiger partial charge in [-0.05, 0) is 37.6 Å². The average Bonchev–Trinajstić information content (AvgIpc) is 2.68. The zero-order valence-corrected chi connectivity index (χ0v) is 13.3. The van der Waals surface area contributed by atoms with Crippen LogP contribution in [0.5, 0.6) is 0 Å². The molecule has 2 N–H and O–H groups in total. The van der Waals surface area contributed by atoms with Crippen LogP contribution in [0.2, 0.25) is 0 Å². The summed E-state index contributed by atoms with van der Waals surface area (Å²) in [5.74, 6) is -1.50. The Labute approximate surface area is 136 Å². The fourth-order valence-electron chi connectivity index (χ4n) is 2.93. The quantitative estimate of drug-likeness (QED) is 0.832. The lowest BCUT2D eigenvalue weighted by Gasteiger charge is -2.17. The number of carbonyl (C=O) groups excluding carboxylic acids is 1. The number of nitrogens with one attached hydrogen (secondary N) is 1. The number of aromatic nitrogens is 2. The summed E-state index contributed by atoms with van der Waals surface area (Å²) in [7, 11) is 1.67. The maximum atomic E-state index is 12.3. The molecule has 24 heavy (non-hydrogen) atoms. The topological polar surface area (TPSA) is 112 Å². The molecule has 0 saturated heterocycles. The van der Waals surface area contributed by atoms with Crippen molar-refractivity contribution in [3.8, 4) is 5.69 Å². The number of hydrogen-bond donors (Lipinski definition) is 2. The first kappa shape index (κ1) is 15.7. The second-order valence-corrected chi connectivity index (χ2v) is 6.17. The van der Waals surface area contributed by atoms with E-state index in [-0.39, 0.29) is 5.91 Å². The van der Waals surface area contributed by atoms with Gasteiger partial charge in [-0.15, -0.1) is 0 Å². The minimum atomic E-state index is -1.43. The molecule has 0 aliphatic carbocycles. The number of carboxylic acid groups (broad SMARTS) is 1. The first-order valence-corrected chi connectivity index (χ1v) is 7.17. The summed E-state index contributed by atoms with van der Waals surface area (Å²) in [6.07, 6.45) is 0.985. The van der Waals surface area contributed by atoms with Gasteiger partial charge in [0.2, 0.25) is 5.91 Å². The second kappa shape index (κ2) is 4.92. The van der Waals surface area contributed by atoms with Crippen molar-refractivity contribution in [3.05, 3.63) is 56.4 Å². The van der Waals surface area contributed by atoms with Gasteiger partial charge in [-0.2, -0.15) is 0 Å². The molecular weight excluding hydrogens is 314 g/mol. The van der Waals surface area contributed by atoms with E-state index >= 15 is 0 Å². The van der Waals surface area contributed by atoms with E-state index in [4.69, 9.17) is 5.11 Å². The third-order valence-electron chi connectivity index (χ3n) is 4.30. The molecule has 1 aromatic heterocycles. The highest BCUT2D eigenvalue weighted by Gasteiger charge is 2.42. The highest BCUT2D eigenvalue weighted by Crippen LogP contribution is 2.41. The Balaban J connectivity index is 2.25. The number of hydrogen-bond acceptors (Lipinski definition) is 4. The van der Waals surface area contributed by atoms with Gasteiger partial charge in [0.15, 0.2) is 0 Å². The van der Waals surface area contributed by atoms with Gasteiger partial charge in [0.1, 0.15) is 5.56 Å².